The summed E-state index contributed by atoms with van der Waals surface area (Å²) in [7, 11) is 0. The second kappa shape index (κ2) is 6.67. The van der Waals surface area contributed by atoms with Crippen LogP contribution in [0.2, 0.25) is 0 Å². The molecule has 0 spiro atoms. The van der Waals surface area contributed by atoms with E-state index in [2.05, 4.69) is 58.1 Å². The van der Waals surface area contributed by atoms with E-state index in [1.54, 1.807) is 4.52 Å². The second-order valence-electron chi connectivity index (χ2n) is 6.34. The molecular weight excluding hydrogens is 302 g/mol. The van der Waals surface area contributed by atoms with Gasteiger partial charge < -0.3 is 10.1 Å². The summed E-state index contributed by atoms with van der Waals surface area (Å²) < 4.78 is 7.41. The van der Waals surface area contributed by atoms with Gasteiger partial charge in [-0.1, -0.05) is 29.8 Å². The van der Waals surface area contributed by atoms with Crippen LogP contribution < -0.4 is 5.32 Å². The molecule has 1 aliphatic rings. The first kappa shape index (κ1) is 15.2. The fraction of sp³-hybridized carbons (Fsp3) is 0.389. The fourth-order valence-electron chi connectivity index (χ4n) is 3.20. The number of nitrogens with one attached hydrogen (secondary N) is 1. The predicted molar refractivity (Wildman–Crippen MR) is 91.6 cm³/mol. The van der Waals surface area contributed by atoms with Gasteiger partial charge in [-0.2, -0.15) is 4.52 Å². The zero-order valence-corrected chi connectivity index (χ0v) is 13.8. The lowest BCUT2D eigenvalue weighted by molar-refractivity contribution is 0.110. The molecule has 2 aromatic heterocycles. The first-order valence-electron chi connectivity index (χ1n) is 8.39. The third-order valence-electron chi connectivity index (χ3n) is 4.43. The van der Waals surface area contributed by atoms with E-state index in [0.29, 0.717) is 6.10 Å². The summed E-state index contributed by atoms with van der Waals surface area (Å²) in [4.78, 5) is 0. The lowest BCUT2D eigenvalue weighted by Crippen LogP contribution is -2.26. The van der Waals surface area contributed by atoms with Crippen molar-refractivity contribution < 1.29 is 4.74 Å². The van der Waals surface area contributed by atoms with Crippen molar-refractivity contribution in [3.05, 3.63) is 47.7 Å². The number of hydrogen-bond donors (Lipinski definition) is 1. The number of nitrogens with zero attached hydrogens (tertiary/aromatic N) is 4. The Morgan fingerprint density at radius 2 is 2.25 bits per heavy atom. The third kappa shape index (κ3) is 3.16. The SMILES string of the molecule is Cc1cccc(-c2cc(CNC[C@@H]3CCCO3)c3nnnn3c2)c1. The highest BCUT2D eigenvalue weighted by atomic mass is 16.5. The van der Waals surface area contributed by atoms with E-state index in [1.165, 1.54) is 11.1 Å². The predicted octanol–water partition coefficient (Wildman–Crippen LogP) is 2.37. The van der Waals surface area contributed by atoms with E-state index in [9.17, 15) is 0 Å². The number of fused-ring (bicyclic) bond motifs is 1. The molecule has 6 nitrogen and oxygen atoms in total. The van der Waals surface area contributed by atoms with Crippen LogP contribution in [0.5, 0.6) is 0 Å². The van der Waals surface area contributed by atoms with Crippen molar-refractivity contribution in [2.24, 2.45) is 0 Å². The number of ether oxygens (including phenoxy) is 1. The lowest BCUT2D eigenvalue weighted by atomic mass is 10.0. The molecule has 1 atom stereocenters. The van der Waals surface area contributed by atoms with Gasteiger partial charge in [0, 0.05) is 37.0 Å². The smallest absolute Gasteiger partial charge is 0.183 e. The van der Waals surface area contributed by atoms with Crippen molar-refractivity contribution in [1.82, 2.24) is 25.4 Å². The molecule has 0 unspecified atom stereocenters. The Kier molecular flexibility index (Phi) is 4.23. The summed E-state index contributed by atoms with van der Waals surface area (Å²) in [6, 6.07) is 10.6. The molecule has 4 rings (SSSR count). The maximum atomic E-state index is 5.66. The normalized spacial score (nSPS) is 17.6. The van der Waals surface area contributed by atoms with Crippen LogP contribution in [0.25, 0.3) is 16.8 Å². The molecule has 0 aliphatic carbocycles. The highest BCUT2D eigenvalue weighted by Gasteiger charge is 2.15. The largest absolute Gasteiger partial charge is 0.377 e. The van der Waals surface area contributed by atoms with Crippen LogP contribution in [0.1, 0.15) is 24.0 Å². The van der Waals surface area contributed by atoms with Crippen LogP contribution in [-0.2, 0) is 11.3 Å². The van der Waals surface area contributed by atoms with Crippen LogP contribution in [-0.4, -0.2) is 39.3 Å². The Morgan fingerprint density at radius 3 is 3.08 bits per heavy atom. The van der Waals surface area contributed by atoms with Crippen molar-refractivity contribution in [3.8, 4) is 11.1 Å². The molecule has 3 aromatic rings. The molecule has 1 aliphatic heterocycles. The fourth-order valence-corrected chi connectivity index (χ4v) is 3.20. The average Bonchev–Trinajstić information content (AvgIpc) is 3.26. The molecule has 124 valence electrons. The van der Waals surface area contributed by atoms with Gasteiger partial charge in [0.05, 0.1) is 6.10 Å². The quantitative estimate of drug-likeness (QED) is 0.781. The van der Waals surface area contributed by atoms with Gasteiger partial charge in [-0.25, -0.2) is 0 Å². The monoisotopic (exact) mass is 323 g/mol. The van der Waals surface area contributed by atoms with Crippen molar-refractivity contribution in [3.63, 3.8) is 0 Å². The third-order valence-corrected chi connectivity index (χ3v) is 4.43. The van der Waals surface area contributed by atoms with Gasteiger partial charge in [0.15, 0.2) is 5.65 Å². The minimum atomic E-state index is 0.331. The van der Waals surface area contributed by atoms with Crippen LogP contribution >= 0.6 is 0 Å². The topological polar surface area (TPSA) is 64.3 Å². The molecule has 6 heteroatoms. The van der Waals surface area contributed by atoms with Gasteiger partial charge in [-0.3, -0.25) is 0 Å². The molecule has 1 fully saturated rings. The molecule has 24 heavy (non-hydrogen) atoms. The summed E-state index contributed by atoms with van der Waals surface area (Å²) in [5.74, 6) is 0. The van der Waals surface area contributed by atoms with Gasteiger partial charge in [-0.15, -0.1) is 5.10 Å². The minimum absolute atomic E-state index is 0.331. The summed E-state index contributed by atoms with van der Waals surface area (Å²) in [5, 5.41) is 15.5. The van der Waals surface area contributed by atoms with Crippen LogP contribution in [0.15, 0.2) is 36.5 Å². The van der Waals surface area contributed by atoms with Gasteiger partial charge >= 0.3 is 0 Å². The van der Waals surface area contributed by atoms with E-state index in [4.69, 9.17) is 4.74 Å². The average molecular weight is 323 g/mol. The molecular formula is C18H21N5O. The van der Waals surface area contributed by atoms with E-state index < -0.39 is 0 Å². The van der Waals surface area contributed by atoms with Crippen molar-refractivity contribution >= 4 is 5.65 Å². The minimum Gasteiger partial charge on any atom is -0.377 e. The molecule has 0 saturated carbocycles. The number of rotatable bonds is 5. The van der Waals surface area contributed by atoms with Crippen molar-refractivity contribution in [2.45, 2.75) is 32.4 Å². The Morgan fingerprint density at radius 1 is 1.29 bits per heavy atom. The number of aryl methyl sites for hydroxylation is 1. The van der Waals surface area contributed by atoms with Crippen LogP contribution in [0.4, 0.5) is 0 Å². The lowest BCUT2D eigenvalue weighted by Gasteiger charge is -2.12. The Hall–Kier alpha value is -2.31. The number of hydrogen-bond acceptors (Lipinski definition) is 5. The molecule has 0 radical (unpaired) electrons. The summed E-state index contributed by atoms with van der Waals surface area (Å²) >= 11 is 0. The molecule has 3 heterocycles. The highest BCUT2D eigenvalue weighted by molar-refractivity contribution is 5.67. The van der Waals surface area contributed by atoms with Crippen molar-refractivity contribution in [2.75, 3.05) is 13.2 Å². The van der Waals surface area contributed by atoms with Crippen LogP contribution in [0.3, 0.4) is 0 Å². The van der Waals surface area contributed by atoms with E-state index in [-0.39, 0.29) is 0 Å². The molecule has 1 saturated heterocycles. The van der Waals surface area contributed by atoms with Crippen LogP contribution in [0, 0.1) is 6.92 Å². The second-order valence-corrected chi connectivity index (χ2v) is 6.34. The molecule has 0 bridgehead atoms. The zero-order valence-electron chi connectivity index (χ0n) is 13.8. The van der Waals surface area contributed by atoms with E-state index >= 15 is 0 Å². The Bertz CT molecular complexity index is 838. The zero-order chi connectivity index (χ0) is 16.4. The Labute approximate surface area is 140 Å². The number of benzene rings is 1. The highest BCUT2D eigenvalue weighted by Crippen LogP contribution is 2.23. The molecule has 0 amide bonds. The maximum Gasteiger partial charge on any atom is 0.183 e. The van der Waals surface area contributed by atoms with Crippen molar-refractivity contribution in [1.29, 1.82) is 0 Å². The molecule has 1 aromatic carbocycles. The maximum absolute atomic E-state index is 5.66. The van der Waals surface area contributed by atoms with Gasteiger partial charge in [0.1, 0.15) is 0 Å². The number of aromatic nitrogens is 4. The first-order chi connectivity index (χ1) is 11.8. The summed E-state index contributed by atoms with van der Waals surface area (Å²) in [6.45, 7) is 4.57. The number of tetrazole rings is 1. The number of pyridine rings is 1. The summed E-state index contributed by atoms with van der Waals surface area (Å²) in [6.07, 6.45) is 4.61. The van der Waals surface area contributed by atoms with Gasteiger partial charge in [0.25, 0.3) is 0 Å². The Balaban J connectivity index is 1.60. The standard InChI is InChI=1S/C18H21N5O/c1-13-4-2-5-14(8-13)16-9-15(18-20-21-22-23(18)12-16)10-19-11-17-6-3-7-24-17/h2,4-5,8-9,12,17,19H,3,6-7,10-11H2,1H3/t17-/m0/s1. The van der Waals surface area contributed by atoms with Gasteiger partial charge in [0.2, 0.25) is 0 Å². The van der Waals surface area contributed by atoms with E-state index in [1.807, 2.05) is 6.20 Å². The summed E-state index contributed by atoms with van der Waals surface area (Å²) in [5.41, 5.74) is 5.42. The first-order valence-corrected chi connectivity index (χ1v) is 8.39. The van der Waals surface area contributed by atoms with E-state index in [0.717, 1.165) is 49.3 Å². The van der Waals surface area contributed by atoms with Gasteiger partial charge in [-0.05, 0) is 41.8 Å². The molecule has 1 N–H and O–H groups in total.